The summed E-state index contributed by atoms with van der Waals surface area (Å²) < 4.78 is 10.1. The number of aromatic nitrogens is 2. The Balaban J connectivity index is 1.93. The van der Waals surface area contributed by atoms with Gasteiger partial charge in [-0.1, -0.05) is 17.3 Å². The second kappa shape index (κ2) is 5.64. The Bertz CT molecular complexity index is 491. The van der Waals surface area contributed by atoms with E-state index in [9.17, 15) is 5.11 Å². The first-order valence-corrected chi connectivity index (χ1v) is 5.82. The minimum atomic E-state index is -0.691. The molecule has 0 saturated carbocycles. The lowest BCUT2D eigenvalue weighted by Crippen LogP contribution is -1.95. The van der Waals surface area contributed by atoms with Gasteiger partial charge in [-0.05, 0) is 31.0 Å². The number of ether oxygens (including phenoxy) is 1. The first-order chi connectivity index (χ1) is 8.69. The highest BCUT2D eigenvalue weighted by Gasteiger charge is 2.10. The van der Waals surface area contributed by atoms with Crippen molar-refractivity contribution < 1.29 is 14.4 Å². The lowest BCUT2D eigenvalue weighted by molar-refractivity contribution is 0.184. The summed E-state index contributed by atoms with van der Waals surface area (Å²) in [6.07, 6.45) is 0.779. The normalized spacial score (nSPS) is 12.4. The summed E-state index contributed by atoms with van der Waals surface area (Å²) in [5, 5.41) is 13.0. The van der Waals surface area contributed by atoms with Crippen LogP contribution in [0, 0.1) is 0 Å². The average molecular weight is 248 g/mol. The van der Waals surface area contributed by atoms with Gasteiger partial charge in [0, 0.05) is 6.42 Å². The van der Waals surface area contributed by atoms with Crippen molar-refractivity contribution in [2.24, 2.45) is 0 Å². The molecule has 1 heterocycles. The van der Waals surface area contributed by atoms with Gasteiger partial charge in [0.25, 0.3) is 0 Å². The zero-order chi connectivity index (χ0) is 13.0. The summed E-state index contributed by atoms with van der Waals surface area (Å²) in [6.45, 7) is 1.61. The van der Waals surface area contributed by atoms with E-state index >= 15 is 0 Å². The topological polar surface area (TPSA) is 68.4 Å². The van der Waals surface area contributed by atoms with Crippen LogP contribution in [0.3, 0.4) is 0 Å². The van der Waals surface area contributed by atoms with Gasteiger partial charge in [-0.25, -0.2) is 0 Å². The molecular weight excluding hydrogens is 232 g/mol. The molecule has 0 bridgehead atoms. The maximum Gasteiger partial charge on any atom is 0.227 e. The van der Waals surface area contributed by atoms with Gasteiger partial charge in [0.15, 0.2) is 5.82 Å². The summed E-state index contributed by atoms with van der Waals surface area (Å²) in [5.74, 6) is 1.72. The molecule has 2 aromatic rings. The molecule has 0 aliphatic heterocycles. The summed E-state index contributed by atoms with van der Waals surface area (Å²) in [5.41, 5.74) is 1.17. The number of nitrogens with zero attached hydrogens (tertiary/aromatic N) is 2. The number of hydrogen-bond donors (Lipinski definition) is 1. The van der Waals surface area contributed by atoms with Gasteiger partial charge >= 0.3 is 0 Å². The lowest BCUT2D eigenvalue weighted by atomic mass is 10.1. The SMILES string of the molecule is COc1ccc(CCc2nc(C(C)O)no2)cc1. The highest BCUT2D eigenvalue weighted by molar-refractivity contribution is 5.27. The molecular formula is C13H16N2O3. The van der Waals surface area contributed by atoms with Crippen molar-refractivity contribution in [3.05, 3.63) is 41.5 Å². The van der Waals surface area contributed by atoms with E-state index in [1.807, 2.05) is 24.3 Å². The van der Waals surface area contributed by atoms with Crippen LogP contribution < -0.4 is 4.74 Å². The maximum atomic E-state index is 9.28. The molecule has 5 nitrogen and oxygen atoms in total. The van der Waals surface area contributed by atoms with E-state index in [2.05, 4.69) is 10.1 Å². The van der Waals surface area contributed by atoms with Crippen molar-refractivity contribution in [1.29, 1.82) is 0 Å². The molecule has 5 heteroatoms. The minimum Gasteiger partial charge on any atom is -0.497 e. The smallest absolute Gasteiger partial charge is 0.227 e. The first kappa shape index (κ1) is 12.6. The van der Waals surface area contributed by atoms with E-state index in [1.165, 1.54) is 5.56 Å². The molecule has 18 heavy (non-hydrogen) atoms. The van der Waals surface area contributed by atoms with Gasteiger partial charge in [-0.2, -0.15) is 4.98 Å². The van der Waals surface area contributed by atoms with E-state index in [0.29, 0.717) is 18.1 Å². The van der Waals surface area contributed by atoms with Crippen LogP contribution in [0.2, 0.25) is 0 Å². The molecule has 1 aromatic carbocycles. The van der Waals surface area contributed by atoms with Crippen molar-refractivity contribution in [2.75, 3.05) is 7.11 Å². The Morgan fingerprint density at radius 2 is 2.00 bits per heavy atom. The van der Waals surface area contributed by atoms with Crippen molar-refractivity contribution in [3.8, 4) is 5.75 Å². The third kappa shape index (κ3) is 3.07. The van der Waals surface area contributed by atoms with Crippen molar-refractivity contribution >= 4 is 0 Å². The third-order valence-electron chi connectivity index (χ3n) is 2.64. The Hall–Kier alpha value is -1.88. The molecule has 96 valence electrons. The van der Waals surface area contributed by atoms with E-state index in [4.69, 9.17) is 9.26 Å². The molecule has 0 spiro atoms. The fraction of sp³-hybridized carbons (Fsp3) is 0.385. The average Bonchev–Trinajstić information content (AvgIpc) is 2.86. The lowest BCUT2D eigenvalue weighted by Gasteiger charge is -2.01. The molecule has 0 radical (unpaired) electrons. The zero-order valence-corrected chi connectivity index (χ0v) is 10.5. The monoisotopic (exact) mass is 248 g/mol. The summed E-state index contributed by atoms with van der Waals surface area (Å²) in [7, 11) is 1.64. The number of hydrogen-bond acceptors (Lipinski definition) is 5. The molecule has 0 saturated heterocycles. The van der Waals surface area contributed by atoms with Crippen molar-refractivity contribution in [3.63, 3.8) is 0 Å². The van der Waals surface area contributed by atoms with Gasteiger partial charge in [-0.15, -0.1) is 0 Å². The highest BCUT2D eigenvalue weighted by atomic mass is 16.5. The van der Waals surface area contributed by atoms with E-state index in [-0.39, 0.29) is 0 Å². The molecule has 1 N–H and O–H groups in total. The largest absolute Gasteiger partial charge is 0.497 e. The number of benzene rings is 1. The number of aryl methyl sites for hydroxylation is 2. The second-order valence-corrected chi connectivity index (χ2v) is 4.07. The Labute approximate surface area is 105 Å². The van der Waals surface area contributed by atoms with Crippen LogP contribution >= 0.6 is 0 Å². The number of aliphatic hydroxyl groups excluding tert-OH is 1. The summed E-state index contributed by atoms with van der Waals surface area (Å²) in [4.78, 5) is 4.11. The predicted octanol–water partition coefficient (Wildman–Crippen LogP) is 1.92. The van der Waals surface area contributed by atoms with Crippen LogP contribution in [0.1, 0.15) is 30.3 Å². The second-order valence-electron chi connectivity index (χ2n) is 4.07. The van der Waals surface area contributed by atoms with Gasteiger partial charge in [0.05, 0.1) is 7.11 Å². The zero-order valence-electron chi connectivity index (χ0n) is 10.5. The number of aliphatic hydroxyl groups is 1. The molecule has 0 amide bonds. The van der Waals surface area contributed by atoms with Crippen LogP contribution in [0.4, 0.5) is 0 Å². The molecule has 1 atom stereocenters. The molecule has 1 unspecified atom stereocenters. The van der Waals surface area contributed by atoms with E-state index in [0.717, 1.165) is 12.2 Å². The molecule has 1 aromatic heterocycles. The molecule has 2 rings (SSSR count). The third-order valence-corrected chi connectivity index (χ3v) is 2.64. The standard InChI is InChI=1S/C13H16N2O3/c1-9(16)13-14-12(18-15-13)8-5-10-3-6-11(17-2)7-4-10/h3-4,6-7,9,16H,5,8H2,1-2H3. The van der Waals surface area contributed by atoms with E-state index < -0.39 is 6.10 Å². The first-order valence-electron chi connectivity index (χ1n) is 5.82. The minimum absolute atomic E-state index is 0.333. The molecule has 0 fully saturated rings. The van der Waals surface area contributed by atoms with Crippen LogP contribution in [-0.4, -0.2) is 22.4 Å². The van der Waals surface area contributed by atoms with Gasteiger partial charge in [0.1, 0.15) is 11.9 Å². The van der Waals surface area contributed by atoms with Gasteiger partial charge < -0.3 is 14.4 Å². The molecule has 0 aliphatic rings. The number of rotatable bonds is 5. The Kier molecular flexibility index (Phi) is 3.94. The van der Waals surface area contributed by atoms with Crippen LogP contribution in [-0.2, 0) is 12.8 Å². The fourth-order valence-electron chi connectivity index (χ4n) is 1.58. The van der Waals surface area contributed by atoms with E-state index in [1.54, 1.807) is 14.0 Å². The van der Waals surface area contributed by atoms with Gasteiger partial charge in [-0.3, -0.25) is 0 Å². The Morgan fingerprint density at radius 1 is 1.28 bits per heavy atom. The maximum absolute atomic E-state index is 9.28. The van der Waals surface area contributed by atoms with Crippen molar-refractivity contribution in [2.45, 2.75) is 25.9 Å². The van der Waals surface area contributed by atoms with Crippen LogP contribution in [0.5, 0.6) is 5.75 Å². The quantitative estimate of drug-likeness (QED) is 0.875. The fourth-order valence-corrected chi connectivity index (χ4v) is 1.58. The predicted molar refractivity (Wildman–Crippen MR) is 65.3 cm³/mol. The number of methoxy groups -OCH3 is 1. The van der Waals surface area contributed by atoms with Crippen molar-refractivity contribution in [1.82, 2.24) is 10.1 Å². The Morgan fingerprint density at radius 3 is 2.56 bits per heavy atom. The van der Waals surface area contributed by atoms with Gasteiger partial charge in [0.2, 0.25) is 5.89 Å². The molecule has 0 aliphatic carbocycles. The summed E-state index contributed by atoms with van der Waals surface area (Å²) in [6, 6.07) is 7.85. The van der Waals surface area contributed by atoms with Crippen LogP contribution in [0.25, 0.3) is 0 Å². The highest BCUT2D eigenvalue weighted by Crippen LogP contribution is 2.14. The van der Waals surface area contributed by atoms with Crippen LogP contribution in [0.15, 0.2) is 28.8 Å². The summed E-state index contributed by atoms with van der Waals surface area (Å²) >= 11 is 0.